The lowest BCUT2D eigenvalue weighted by Crippen LogP contribution is -2.12. The fraction of sp³-hybridized carbons (Fsp3) is 0.900. The van der Waals surface area contributed by atoms with Crippen molar-refractivity contribution in [1.29, 1.82) is 0 Å². The van der Waals surface area contributed by atoms with Crippen LogP contribution in [0.2, 0.25) is 0 Å². The molecule has 1 fully saturated rings. The molecule has 0 saturated carbocycles. The van der Waals surface area contributed by atoms with E-state index >= 15 is 0 Å². The monoisotopic (exact) mass is 203 g/mol. The van der Waals surface area contributed by atoms with Crippen molar-refractivity contribution in [3.8, 4) is 0 Å². The first-order valence-corrected chi connectivity index (χ1v) is 5.26. The van der Waals surface area contributed by atoms with Crippen molar-refractivity contribution < 1.29 is 14.6 Å². The van der Waals surface area contributed by atoms with Crippen molar-refractivity contribution in [3.63, 3.8) is 0 Å². The van der Waals surface area contributed by atoms with Crippen LogP contribution in [0.3, 0.4) is 0 Å². The zero-order chi connectivity index (χ0) is 10.6. The Morgan fingerprint density at radius 1 is 1.50 bits per heavy atom. The summed E-state index contributed by atoms with van der Waals surface area (Å²) in [5.41, 5.74) is 0. The van der Waals surface area contributed by atoms with Crippen LogP contribution in [-0.2, 0) is 9.53 Å². The fourth-order valence-electron chi connectivity index (χ4n) is 0.978. The summed E-state index contributed by atoms with van der Waals surface area (Å²) in [5, 5.41) is 10.9. The van der Waals surface area contributed by atoms with E-state index in [2.05, 4.69) is 12.2 Å². The maximum Gasteiger partial charge on any atom is 0.220 e. The third-order valence-electron chi connectivity index (χ3n) is 1.78. The number of unbranched alkanes of at least 4 members (excludes halogenated alkanes) is 1. The molecule has 0 aromatic rings. The zero-order valence-electron chi connectivity index (χ0n) is 8.92. The maximum atomic E-state index is 10.1. The Morgan fingerprint density at radius 3 is 2.64 bits per heavy atom. The summed E-state index contributed by atoms with van der Waals surface area (Å²) < 4.78 is 4.97. The molecule has 0 unspecified atom stereocenters. The predicted octanol–water partition coefficient (Wildman–Crippen LogP) is 0.692. The molecule has 1 aliphatic rings. The summed E-state index contributed by atoms with van der Waals surface area (Å²) in [6.07, 6.45) is 4.02. The third kappa shape index (κ3) is 9.48. The van der Waals surface area contributed by atoms with Crippen molar-refractivity contribution >= 4 is 5.91 Å². The number of aliphatic hydroxyl groups excluding tert-OH is 1. The summed E-state index contributed by atoms with van der Waals surface area (Å²) in [6.45, 7) is 4.42. The summed E-state index contributed by atoms with van der Waals surface area (Å²) in [6, 6.07) is 0. The minimum absolute atomic E-state index is 0.143. The molecule has 0 radical (unpaired) electrons. The van der Waals surface area contributed by atoms with E-state index < -0.39 is 0 Å². The molecule has 2 N–H and O–H groups in total. The lowest BCUT2D eigenvalue weighted by Gasteiger charge is -1.97. The quantitative estimate of drug-likeness (QED) is 0.646. The molecule has 0 aromatic heterocycles. The highest BCUT2D eigenvalue weighted by atomic mass is 16.5. The Bertz CT molecular complexity index is 125. The number of aliphatic hydroxyl groups is 1. The first-order valence-electron chi connectivity index (χ1n) is 5.26. The van der Waals surface area contributed by atoms with E-state index in [-0.39, 0.29) is 12.5 Å². The Morgan fingerprint density at radius 2 is 2.29 bits per heavy atom. The highest BCUT2D eigenvalue weighted by Crippen LogP contribution is 1.93. The molecule has 4 heteroatoms. The average molecular weight is 203 g/mol. The zero-order valence-corrected chi connectivity index (χ0v) is 8.92. The van der Waals surface area contributed by atoms with Crippen LogP contribution < -0.4 is 5.32 Å². The van der Waals surface area contributed by atoms with Gasteiger partial charge in [0.25, 0.3) is 0 Å². The molecule has 1 saturated heterocycles. The van der Waals surface area contributed by atoms with E-state index in [1.54, 1.807) is 0 Å². The SMILES string of the molecule is CCCCOCCO.O=C1CCCN1. The van der Waals surface area contributed by atoms with E-state index in [4.69, 9.17) is 9.84 Å². The van der Waals surface area contributed by atoms with Crippen LogP contribution in [0.15, 0.2) is 0 Å². The van der Waals surface area contributed by atoms with Gasteiger partial charge in [0.2, 0.25) is 5.91 Å². The molecule has 0 bridgehead atoms. The smallest absolute Gasteiger partial charge is 0.220 e. The van der Waals surface area contributed by atoms with Crippen LogP contribution in [0.4, 0.5) is 0 Å². The highest BCUT2D eigenvalue weighted by Gasteiger charge is 2.05. The number of hydrogen-bond donors (Lipinski definition) is 2. The Balaban J connectivity index is 0.000000249. The Hall–Kier alpha value is -0.610. The fourth-order valence-corrected chi connectivity index (χ4v) is 0.978. The molecule has 1 heterocycles. The molecule has 0 aliphatic carbocycles. The van der Waals surface area contributed by atoms with Gasteiger partial charge in [-0.3, -0.25) is 4.79 Å². The first kappa shape index (κ1) is 13.4. The second-order valence-corrected chi connectivity index (χ2v) is 3.14. The Labute approximate surface area is 85.6 Å². The van der Waals surface area contributed by atoms with Gasteiger partial charge in [0.05, 0.1) is 13.2 Å². The molecule has 1 aliphatic heterocycles. The van der Waals surface area contributed by atoms with E-state index in [1.807, 2.05) is 0 Å². The molecule has 0 atom stereocenters. The minimum atomic E-state index is 0.143. The normalized spacial score (nSPS) is 14.6. The number of nitrogens with one attached hydrogen (secondary N) is 1. The van der Waals surface area contributed by atoms with Crippen molar-refractivity contribution in [2.24, 2.45) is 0 Å². The molecular formula is C10H21NO3. The van der Waals surface area contributed by atoms with Crippen molar-refractivity contribution in [1.82, 2.24) is 5.32 Å². The summed E-state index contributed by atoms with van der Waals surface area (Å²) >= 11 is 0. The van der Waals surface area contributed by atoms with E-state index in [1.165, 1.54) is 0 Å². The molecule has 0 aromatic carbocycles. The van der Waals surface area contributed by atoms with Crippen molar-refractivity contribution in [2.45, 2.75) is 32.6 Å². The molecule has 4 nitrogen and oxygen atoms in total. The van der Waals surface area contributed by atoms with E-state index in [0.717, 1.165) is 38.8 Å². The number of rotatable bonds is 5. The minimum Gasteiger partial charge on any atom is -0.394 e. The first-order chi connectivity index (χ1) is 6.81. The van der Waals surface area contributed by atoms with Gasteiger partial charge in [-0.25, -0.2) is 0 Å². The van der Waals surface area contributed by atoms with Crippen LogP contribution in [-0.4, -0.2) is 37.4 Å². The molecular weight excluding hydrogens is 182 g/mol. The topological polar surface area (TPSA) is 58.6 Å². The number of amides is 1. The van der Waals surface area contributed by atoms with Gasteiger partial charge >= 0.3 is 0 Å². The van der Waals surface area contributed by atoms with Crippen molar-refractivity contribution in [3.05, 3.63) is 0 Å². The van der Waals surface area contributed by atoms with Gasteiger partial charge in [0.15, 0.2) is 0 Å². The van der Waals surface area contributed by atoms with Gasteiger partial charge in [-0.2, -0.15) is 0 Å². The largest absolute Gasteiger partial charge is 0.394 e. The van der Waals surface area contributed by atoms with Gasteiger partial charge in [-0.15, -0.1) is 0 Å². The van der Waals surface area contributed by atoms with E-state index in [9.17, 15) is 4.79 Å². The number of hydrogen-bond acceptors (Lipinski definition) is 3. The van der Waals surface area contributed by atoms with Crippen LogP contribution in [0, 0.1) is 0 Å². The average Bonchev–Trinajstić information content (AvgIpc) is 2.65. The van der Waals surface area contributed by atoms with Crippen LogP contribution in [0.1, 0.15) is 32.6 Å². The molecule has 1 rings (SSSR count). The van der Waals surface area contributed by atoms with Gasteiger partial charge in [-0.1, -0.05) is 13.3 Å². The lowest BCUT2D eigenvalue weighted by atomic mass is 10.4. The molecule has 84 valence electrons. The Kier molecular flexibility index (Phi) is 10.0. The highest BCUT2D eigenvalue weighted by molar-refractivity contribution is 5.77. The predicted molar refractivity (Wildman–Crippen MR) is 55.1 cm³/mol. The number of ether oxygens (including phenoxy) is 1. The molecule has 1 amide bonds. The summed E-state index contributed by atoms with van der Waals surface area (Å²) in [4.78, 5) is 10.1. The summed E-state index contributed by atoms with van der Waals surface area (Å²) in [7, 11) is 0. The van der Waals surface area contributed by atoms with Gasteiger partial charge in [-0.05, 0) is 12.8 Å². The van der Waals surface area contributed by atoms with Crippen LogP contribution >= 0.6 is 0 Å². The van der Waals surface area contributed by atoms with Gasteiger partial charge < -0.3 is 15.2 Å². The molecule has 14 heavy (non-hydrogen) atoms. The number of carbonyl (C=O) groups is 1. The van der Waals surface area contributed by atoms with Gasteiger partial charge in [0.1, 0.15) is 0 Å². The van der Waals surface area contributed by atoms with Crippen molar-refractivity contribution in [2.75, 3.05) is 26.4 Å². The lowest BCUT2D eigenvalue weighted by molar-refractivity contribution is -0.119. The maximum absolute atomic E-state index is 10.1. The second kappa shape index (κ2) is 10.5. The van der Waals surface area contributed by atoms with Crippen LogP contribution in [0.25, 0.3) is 0 Å². The molecule has 0 spiro atoms. The number of carbonyl (C=O) groups excluding carboxylic acids is 1. The van der Waals surface area contributed by atoms with Gasteiger partial charge in [0, 0.05) is 19.6 Å². The second-order valence-electron chi connectivity index (χ2n) is 3.14. The van der Waals surface area contributed by atoms with E-state index in [0.29, 0.717) is 6.61 Å². The standard InChI is InChI=1S/C6H14O2.C4H7NO/c1-2-3-5-8-6-4-7;6-4-2-1-3-5-4/h7H,2-6H2,1H3;1-3H2,(H,5,6). The summed E-state index contributed by atoms with van der Waals surface area (Å²) in [5.74, 6) is 0.204. The van der Waals surface area contributed by atoms with Crippen LogP contribution in [0.5, 0.6) is 0 Å². The third-order valence-corrected chi connectivity index (χ3v) is 1.78.